The lowest BCUT2D eigenvalue weighted by molar-refractivity contribution is 0.412. The number of hydrogen-bond donors (Lipinski definition) is 1. The highest BCUT2D eigenvalue weighted by atomic mass is 79.9. The molecule has 1 aromatic heterocycles. The molecule has 0 unspecified atom stereocenters. The molecule has 22 heavy (non-hydrogen) atoms. The highest BCUT2D eigenvalue weighted by Crippen LogP contribution is 2.30. The van der Waals surface area contributed by atoms with E-state index in [4.69, 9.17) is 4.74 Å². The molecule has 0 fully saturated rings. The van der Waals surface area contributed by atoms with Crippen molar-refractivity contribution >= 4 is 15.9 Å². The van der Waals surface area contributed by atoms with Crippen LogP contribution in [0.1, 0.15) is 0 Å². The van der Waals surface area contributed by atoms with E-state index < -0.39 is 0 Å². The van der Waals surface area contributed by atoms with Gasteiger partial charge in [-0.2, -0.15) is 5.10 Å². The molecule has 3 aromatic rings. The molecule has 2 aromatic carbocycles. The van der Waals surface area contributed by atoms with Crippen molar-refractivity contribution in [2.24, 2.45) is 0 Å². The highest BCUT2D eigenvalue weighted by molar-refractivity contribution is 9.10. The van der Waals surface area contributed by atoms with E-state index in [9.17, 15) is 4.79 Å². The minimum absolute atomic E-state index is 0.225. The van der Waals surface area contributed by atoms with Gasteiger partial charge in [-0.15, -0.1) is 0 Å². The summed E-state index contributed by atoms with van der Waals surface area (Å²) in [7, 11) is 1.60. The number of methoxy groups -OCH3 is 1. The lowest BCUT2D eigenvalue weighted by atomic mass is 10.0. The Bertz CT molecular complexity index is 860. The number of hydrogen-bond acceptors (Lipinski definition) is 3. The van der Waals surface area contributed by atoms with Gasteiger partial charge in [0.05, 0.1) is 22.8 Å². The summed E-state index contributed by atoms with van der Waals surface area (Å²) in [5.41, 5.74) is 2.82. The van der Waals surface area contributed by atoms with Crippen LogP contribution in [0.2, 0.25) is 0 Å². The zero-order valence-corrected chi connectivity index (χ0v) is 13.4. The lowest BCUT2D eigenvalue weighted by Gasteiger charge is -2.07. The summed E-state index contributed by atoms with van der Waals surface area (Å²) in [6, 6.07) is 17.0. The van der Waals surface area contributed by atoms with Crippen LogP contribution in [0.4, 0.5) is 0 Å². The monoisotopic (exact) mass is 356 g/mol. The van der Waals surface area contributed by atoms with E-state index in [0.29, 0.717) is 5.56 Å². The Kier molecular flexibility index (Phi) is 4.06. The first-order valence-electron chi connectivity index (χ1n) is 6.68. The van der Waals surface area contributed by atoms with Gasteiger partial charge < -0.3 is 4.74 Å². The van der Waals surface area contributed by atoms with E-state index in [-0.39, 0.29) is 5.56 Å². The van der Waals surface area contributed by atoms with Crippen molar-refractivity contribution in [1.82, 2.24) is 10.2 Å². The van der Waals surface area contributed by atoms with Gasteiger partial charge in [0.25, 0.3) is 5.56 Å². The Morgan fingerprint density at radius 3 is 2.50 bits per heavy atom. The van der Waals surface area contributed by atoms with Crippen molar-refractivity contribution < 1.29 is 4.74 Å². The van der Waals surface area contributed by atoms with Crippen molar-refractivity contribution in [2.45, 2.75) is 0 Å². The first-order chi connectivity index (χ1) is 10.7. The largest absolute Gasteiger partial charge is 0.496 e. The molecule has 1 N–H and O–H groups in total. The normalized spacial score (nSPS) is 10.5. The number of nitrogens with zero attached hydrogens (tertiary/aromatic N) is 1. The number of halogens is 1. The van der Waals surface area contributed by atoms with Crippen LogP contribution < -0.4 is 10.3 Å². The minimum Gasteiger partial charge on any atom is -0.496 e. The Labute approximate surface area is 135 Å². The molecule has 3 rings (SSSR count). The average Bonchev–Trinajstić information content (AvgIpc) is 2.56. The van der Waals surface area contributed by atoms with Gasteiger partial charge in [0.1, 0.15) is 5.75 Å². The quantitative estimate of drug-likeness (QED) is 0.774. The van der Waals surface area contributed by atoms with Crippen LogP contribution in [0.3, 0.4) is 0 Å². The van der Waals surface area contributed by atoms with E-state index in [1.54, 1.807) is 13.2 Å². The second-order valence-corrected chi connectivity index (χ2v) is 5.57. The Morgan fingerprint density at radius 1 is 1.05 bits per heavy atom. The second-order valence-electron chi connectivity index (χ2n) is 4.71. The molecule has 0 aliphatic rings. The molecule has 0 spiro atoms. The standard InChI is InChI=1S/C17H13BrN2O2/c1-22-16-8-7-12(9-14(16)18)13-10-15(19-20-17(13)21)11-5-3-2-4-6-11/h2-10H,1H3,(H,20,21). The highest BCUT2D eigenvalue weighted by Gasteiger charge is 2.09. The number of nitrogens with one attached hydrogen (secondary N) is 1. The van der Waals surface area contributed by atoms with Crippen LogP contribution in [-0.4, -0.2) is 17.3 Å². The Balaban J connectivity index is 2.11. The second kappa shape index (κ2) is 6.15. The first-order valence-corrected chi connectivity index (χ1v) is 7.47. The summed E-state index contributed by atoms with van der Waals surface area (Å²) in [5.74, 6) is 0.720. The number of rotatable bonds is 3. The molecular weight excluding hydrogens is 344 g/mol. The molecule has 0 aliphatic carbocycles. The van der Waals surface area contributed by atoms with E-state index in [2.05, 4.69) is 26.1 Å². The van der Waals surface area contributed by atoms with Crippen molar-refractivity contribution in [3.05, 3.63) is 69.4 Å². The fourth-order valence-electron chi connectivity index (χ4n) is 2.21. The van der Waals surface area contributed by atoms with Crippen molar-refractivity contribution in [2.75, 3.05) is 7.11 Å². The van der Waals surface area contributed by atoms with Gasteiger partial charge in [-0.1, -0.05) is 36.4 Å². The van der Waals surface area contributed by atoms with Crippen molar-refractivity contribution in [3.8, 4) is 28.1 Å². The predicted molar refractivity (Wildman–Crippen MR) is 90.0 cm³/mol. The van der Waals surface area contributed by atoms with E-state index in [1.165, 1.54) is 0 Å². The number of aromatic nitrogens is 2. The molecule has 0 radical (unpaired) electrons. The number of benzene rings is 2. The summed E-state index contributed by atoms with van der Waals surface area (Å²) < 4.78 is 6.01. The van der Waals surface area contributed by atoms with Crippen LogP contribution >= 0.6 is 15.9 Å². The summed E-state index contributed by atoms with van der Waals surface area (Å²) in [6.07, 6.45) is 0. The molecule has 0 aliphatic heterocycles. The molecule has 0 amide bonds. The van der Waals surface area contributed by atoms with Gasteiger partial charge in [-0.25, -0.2) is 5.10 Å². The Hall–Kier alpha value is -2.40. The van der Waals surface area contributed by atoms with Gasteiger partial charge in [0.2, 0.25) is 0 Å². The topological polar surface area (TPSA) is 55.0 Å². The van der Waals surface area contributed by atoms with Gasteiger partial charge >= 0.3 is 0 Å². The van der Waals surface area contributed by atoms with Crippen molar-refractivity contribution in [1.29, 1.82) is 0 Å². The van der Waals surface area contributed by atoms with Gasteiger partial charge in [-0.05, 0) is 39.7 Å². The van der Waals surface area contributed by atoms with Gasteiger partial charge in [0.15, 0.2) is 0 Å². The molecule has 110 valence electrons. The molecule has 4 nitrogen and oxygen atoms in total. The number of ether oxygens (including phenoxy) is 1. The summed E-state index contributed by atoms with van der Waals surface area (Å²) in [6.45, 7) is 0. The maximum Gasteiger partial charge on any atom is 0.272 e. The summed E-state index contributed by atoms with van der Waals surface area (Å²) >= 11 is 3.44. The number of aromatic amines is 1. The average molecular weight is 357 g/mol. The third-order valence-electron chi connectivity index (χ3n) is 3.34. The third kappa shape index (κ3) is 2.80. The molecule has 0 bridgehead atoms. The van der Waals surface area contributed by atoms with Crippen molar-refractivity contribution in [3.63, 3.8) is 0 Å². The molecule has 0 atom stereocenters. The van der Waals surface area contributed by atoms with Gasteiger partial charge in [-0.3, -0.25) is 4.79 Å². The Morgan fingerprint density at radius 2 is 1.82 bits per heavy atom. The van der Waals surface area contributed by atoms with E-state index in [1.807, 2.05) is 48.5 Å². The molecule has 1 heterocycles. The number of H-pyrrole nitrogens is 1. The lowest BCUT2D eigenvalue weighted by Crippen LogP contribution is -2.11. The van der Waals surface area contributed by atoms with Crippen LogP contribution in [0.5, 0.6) is 5.75 Å². The fourth-order valence-corrected chi connectivity index (χ4v) is 2.75. The summed E-state index contributed by atoms with van der Waals surface area (Å²) in [4.78, 5) is 12.1. The predicted octanol–water partition coefficient (Wildman–Crippen LogP) is 3.88. The van der Waals surface area contributed by atoms with E-state index in [0.717, 1.165) is 27.0 Å². The first kappa shape index (κ1) is 14.5. The molecule has 5 heteroatoms. The van der Waals surface area contributed by atoms with Crippen LogP contribution in [0.25, 0.3) is 22.4 Å². The van der Waals surface area contributed by atoms with Gasteiger partial charge in [0, 0.05) is 5.56 Å². The maximum absolute atomic E-state index is 12.1. The maximum atomic E-state index is 12.1. The zero-order chi connectivity index (χ0) is 15.5. The third-order valence-corrected chi connectivity index (χ3v) is 3.96. The van der Waals surface area contributed by atoms with Crippen LogP contribution in [-0.2, 0) is 0 Å². The molecular formula is C17H13BrN2O2. The van der Waals surface area contributed by atoms with Crippen LogP contribution in [0.15, 0.2) is 63.9 Å². The minimum atomic E-state index is -0.225. The molecule has 0 saturated heterocycles. The van der Waals surface area contributed by atoms with E-state index >= 15 is 0 Å². The SMILES string of the molecule is COc1ccc(-c2cc(-c3ccccc3)n[nH]c2=O)cc1Br. The molecule has 0 saturated carbocycles. The zero-order valence-electron chi connectivity index (χ0n) is 11.8. The smallest absolute Gasteiger partial charge is 0.272 e. The fraction of sp³-hybridized carbons (Fsp3) is 0.0588. The van der Waals surface area contributed by atoms with Crippen LogP contribution in [0, 0.1) is 0 Å². The summed E-state index contributed by atoms with van der Waals surface area (Å²) in [5, 5.41) is 6.68.